The molecule has 2 heteroatoms. The molecule has 0 N–H and O–H groups in total. The molecule has 0 aromatic carbocycles. The third-order valence-electron chi connectivity index (χ3n) is 2.55. The Labute approximate surface area is 88.0 Å². The van der Waals surface area contributed by atoms with Crippen LogP contribution in [0.25, 0.3) is 0 Å². The Morgan fingerprint density at radius 2 is 1.86 bits per heavy atom. The van der Waals surface area contributed by atoms with Crippen LogP contribution in [0.5, 0.6) is 0 Å². The topological polar surface area (TPSA) is 26.3 Å². The highest BCUT2D eigenvalue weighted by Crippen LogP contribution is 2.16. The fourth-order valence-electron chi connectivity index (χ4n) is 1.69. The number of carbonyl (C=O) groups is 1. The first-order valence-corrected chi connectivity index (χ1v) is 5.77. The van der Waals surface area contributed by atoms with E-state index in [-0.39, 0.29) is 12.1 Å². The van der Waals surface area contributed by atoms with Gasteiger partial charge in [-0.3, -0.25) is 4.79 Å². The Morgan fingerprint density at radius 1 is 1.21 bits per heavy atom. The lowest BCUT2D eigenvalue weighted by atomic mass is 9.97. The van der Waals surface area contributed by atoms with Gasteiger partial charge in [0.2, 0.25) is 0 Å². The van der Waals surface area contributed by atoms with Crippen molar-refractivity contribution in [2.75, 3.05) is 0 Å². The molecular weight excluding hydrogens is 176 g/mol. The predicted molar refractivity (Wildman–Crippen MR) is 59.2 cm³/mol. The highest BCUT2D eigenvalue weighted by molar-refractivity contribution is 5.66. The molecular formula is C12H24O2. The van der Waals surface area contributed by atoms with Crippen molar-refractivity contribution in [2.45, 2.75) is 65.9 Å². The summed E-state index contributed by atoms with van der Waals surface area (Å²) < 4.78 is 5.19. The number of hydrogen-bond acceptors (Lipinski definition) is 2. The SMILES string of the molecule is CCCC(C)CCC(CC)OC(C)=O. The van der Waals surface area contributed by atoms with Crippen molar-refractivity contribution in [3.05, 3.63) is 0 Å². The van der Waals surface area contributed by atoms with Crippen molar-refractivity contribution in [3.63, 3.8) is 0 Å². The smallest absolute Gasteiger partial charge is 0.302 e. The number of carbonyl (C=O) groups excluding carboxylic acids is 1. The fourth-order valence-corrected chi connectivity index (χ4v) is 1.69. The second-order valence-corrected chi connectivity index (χ2v) is 4.11. The van der Waals surface area contributed by atoms with Crippen LogP contribution < -0.4 is 0 Å². The lowest BCUT2D eigenvalue weighted by molar-refractivity contribution is -0.146. The molecule has 0 heterocycles. The van der Waals surface area contributed by atoms with Crippen molar-refractivity contribution < 1.29 is 9.53 Å². The molecule has 2 nitrogen and oxygen atoms in total. The highest BCUT2D eigenvalue weighted by Gasteiger charge is 2.11. The van der Waals surface area contributed by atoms with E-state index in [0.29, 0.717) is 0 Å². The summed E-state index contributed by atoms with van der Waals surface area (Å²) in [5, 5.41) is 0. The molecule has 0 radical (unpaired) electrons. The van der Waals surface area contributed by atoms with Crippen LogP contribution in [0.1, 0.15) is 59.8 Å². The van der Waals surface area contributed by atoms with E-state index >= 15 is 0 Å². The van der Waals surface area contributed by atoms with E-state index in [0.717, 1.165) is 18.8 Å². The normalized spacial score (nSPS) is 14.9. The van der Waals surface area contributed by atoms with Crippen LogP contribution in [0.2, 0.25) is 0 Å². The summed E-state index contributed by atoms with van der Waals surface area (Å²) in [5.74, 6) is 0.601. The first kappa shape index (κ1) is 13.5. The van der Waals surface area contributed by atoms with E-state index in [9.17, 15) is 4.79 Å². The van der Waals surface area contributed by atoms with Gasteiger partial charge in [0.1, 0.15) is 6.10 Å². The van der Waals surface area contributed by atoms with Gasteiger partial charge in [-0.1, -0.05) is 33.6 Å². The highest BCUT2D eigenvalue weighted by atomic mass is 16.5. The predicted octanol–water partition coefficient (Wildman–Crippen LogP) is 3.54. The summed E-state index contributed by atoms with van der Waals surface area (Å²) in [4.78, 5) is 10.8. The van der Waals surface area contributed by atoms with E-state index < -0.39 is 0 Å². The van der Waals surface area contributed by atoms with Gasteiger partial charge in [0.15, 0.2) is 0 Å². The Hall–Kier alpha value is -0.530. The molecule has 0 aliphatic heterocycles. The van der Waals surface area contributed by atoms with Gasteiger partial charge >= 0.3 is 5.97 Å². The third-order valence-corrected chi connectivity index (χ3v) is 2.55. The van der Waals surface area contributed by atoms with Gasteiger partial charge in [-0.2, -0.15) is 0 Å². The molecule has 0 aromatic heterocycles. The van der Waals surface area contributed by atoms with Crippen LogP contribution in [-0.4, -0.2) is 12.1 Å². The van der Waals surface area contributed by atoms with Crippen LogP contribution in [0, 0.1) is 5.92 Å². The zero-order valence-electron chi connectivity index (χ0n) is 10.0. The molecule has 0 amide bonds. The minimum absolute atomic E-state index is 0.131. The number of esters is 1. The average Bonchev–Trinajstić information content (AvgIpc) is 2.12. The number of hydrogen-bond donors (Lipinski definition) is 0. The molecule has 0 bridgehead atoms. The monoisotopic (exact) mass is 200 g/mol. The molecule has 2 unspecified atom stereocenters. The molecule has 2 atom stereocenters. The van der Waals surface area contributed by atoms with E-state index in [1.165, 1.54) is 26.2 Å². The van der Waals surface area contributed by atoms with Gasteiger partial charge in [-0.25, -0.2) is 0 Å². The number of rotatable bonds is 7. The maximum atomic E-state index is 10.8. The number of ether oxygens (including phenoxy) is 1. The quantitative estimate of drug-likeness (QED) is 0.587. The largest absolute Gasteiger partial charge is 0.463 e. The molecule has 0 spiro atoms. The van der Waals surface area contributed by atoms with Crippen molar-refractivity contribution in [1.82, 2.24) is 0 Å². The fraction of sp³-hybridized carbons (Fsp3) is 0.917. The van der Waals surface area contributed by atoms with E-state index in [1.54, 1.807) is 0 Å². The minimum atomic E-state index is -0.153. The summed E-state index contributed by atoms with van der Waals surface area (Å²) in [6.45, 7) is 8.03. The molecule has 0 aromatic rings. The molecule has 0 aliphatic rings. The summed E-state index contributed by atoms with van der Waals surface area (Å²) >= 11 is 0. The third kappa shape index (κ3) is 6.93. The van der Waals surface area contributed by atoms with E-state index in [2.05, 4.69) is 20.8 Å². The minimum Gasteiger partial charge on any atom is -0.463 e. The van der Waals surface area contributed by atoms with Gasteiger partial charge in [0, 0.05) is 6.92 Å². The standard InChI is InChI=1S/C12H24O2/c1-5-7-10(3)8-9-12(6-2)14-11(4)13/h10,12H,5-9H2,1-4H3. The maximum Gasteiger partial charge on any atom is 0.302 e. The Balaban J connectivity index is 3.66. The van der Waals surface area contributed by atoms with Crippen LogP contribution >= 0.6 is 0 Å². The molecule has 0 aliphatic carbocycles. The van der Waals surface area contributed by atoms with Gasteiger partial charge in [0.25, 0.3) is 0 Å². The maximum absolute atomic E-state index is 10.8. The van der Waals surface area contributed by atoms with Crippen molar-refractivity contribution in [3.8, 4) is 0 Å². The molecule has 0 fully saturated rings. The van der Waals surface area contributed by atoms with Crippen LogP contribution in [-0.2, 0) is 9.53 Å². The van der Waals surface area contributed by atoms with Gasteiger partial charge in [-0.15, -0.1) is 0 Å². The summed E-state index contributed by atoms with van der Waals surface area (Å²) in [7, 11) is 0. The summed E-state index contributed by atoms with van der Waals surface area (Å²) in [5.41, 5.74) is 0. The summed E-state index contributed by atoms with van der Waals surface area (Å²) in [6, 6.07) is 0. The van der Waals surface area contributed by atoms with Crippen LogP contribution in [0.3, 0.4) is 0 Å². The van der Waals surface area contributed by atoms with E-state index in [4.69, 9.17) is 4.74 Å². The molecule has 0 rings (SSSR count). The van der Waals surface area contributed by atoms with Crippen molar-refractivity contribution in [1.29, 1.82) is 0 Å². The summed E-state index contributed by atoms with van der Waals surface area (Å²) in [6.07, 6.45) is 5.75. The van der Waals surface area contributed by atoms with Crippen molar-refractivity contribution >= 4 is 5.97 Å². The zero-order chi connectivity index (χ0) is 11.0. The Morgan fingerprint density at radius 3 is 2.29 bits per heavy atom. The van der Waals surface area contributed by atoms with Gasteiger partial charge in [-0.05, 0) is 25.2 Å². The second-order valence-electron chi connectivity index (χ2n) is 4.11. The zero-order valence-corrected chi connectivity index (χ0v) is 10.0. The molecule has 84 valence electrons. The van der Waals surface area contributed by atoms with E-state index in [1.807, 2.05) is 0 Å². The first-order valence-electron chi connectivity index (χ1n) is 5.77. The first-order chi connectivity index (χ1) is 6.60. The molecule has 0 saturated carbocycles. The second kappa shape index (κ2) is 7.84. The van der Waals surface area contributed by atoms with Crippen molar-refractivity contribution in [2.24, 2.45) is 5.92 Å². The van der Waals surface area contributed by atoms with Gasteiger partial charge in [0.05, 0.1) is 0 Å². The Bertz CT molecular complexity index is 154. The molecule has 0 saturated heterocycles. The van der Waals surface area contributed by atoms with Crippen LogP contribution in [0.15, 0.2) is 0 Å². The lowest BCUT2D eigenvalue weighted by Gasteiger charge is -2.17. The van der Waals surface area contributed by atoms with Crippen LogP contribution in [0.4, 0.5) is 0 Å². The van der Waals surface area contributed by atoms with Gasteiger partial charge < -0.3 is 4.74 Å². The molecule has 14 heavy (non-hydrogen) atoms. The lowest BCUT2D eigenvalue weighted by Crippen LogP contribution is -2.16. The Kier molecular flexibility index (Phi) is 7.54. The average molecular weight is 200 g/mol.